The van der Waals surface area contributed by atoms with Gasteiger partial charge in [-0.2, -0.15) is 0 Å². The quantitative estimate of drug-likeness (QED) is 0.533. The molecule has 11 heavy (non-hydrogen) atoms. The minimum atomic E-state index is -0.704. The normalized spacial score (nSPS) is 15.3. The Morgan fingerprint density at radius 2 is 2.36 bits per heavy atom. The zero-order valence-corrected chi connectivity index (χ0v) is 6.37. The lowest BCUT2D eigenvalue weighted by Crippen LogP contribution is -2.28. The molecule has 0 bridgehead atoms. The van der Waals surface area contributed by atoms with Crippen molar-refractivity contribution in [1.29, 1.82) is 0 Å². The van der Waals surface area contributed by atoms with E-state index in [-0.39, 0.29) is 0 Å². The lowest BCUT2D eigenvalue weighted by molar-refractivity contribution is 0.275. The molecule has 3 heteroatoms. The van der Waals surface area contributed by atoms with Crippen LogP contribution in [0, 0.1) is 6.92 Å². The van der Waals surface area contributed by atoms with E-state index >= 15 is 0 Å². The van der Waals surface area contributed by atoms with Crippen molar-refractivity contribution >= 4 is 12.6 Å². The van der Waals surface area contributed by atoms with Gasteiger partial charge in [-0.1, -0.05) is 23.8 Å². The van der Waals surface area contributed by atoms with Crippen LogP contribution in [0.5, 0.6) is 0 Å². The van der Waals surface area contributed by atoms with Gasteiger partial charge in [0.1, 0.15) is 0 Å². The minimum Gasteiger partial charge on any atom is -0.423 e. The van der Waals surface area contributed by atoms with E-state index in [2.05, 4.69) is 0 Å². The molecule has 0 unspecified atom stereocenters. The Kier molecular flexibility index (Phi) is 1.48. The summed E-state index contributed by atoms with van der Waals surface area (Å²) in [5.74, 6) is 0. The van der Waals surface area contributed by atoms with E-state index in [0.717, 1.165) is 16.6 Å². The highest BCUT2D eigenvalue weighted by Crippen LogP contribution is 2.10. The van der Waals surface area contributed by atoms with Crippen LogP contribution in [0.15, 0.2) is 18.2 Å². The van der Waals surface area contributed by atoms with Gasteiger partial charge >= 0.3 is 7.12 Å². The fourth-order valence-electron chi connectivity index (χ4n) is 1.33. The van der Waals surface area contributed by atoms with E-state index < -0.39 is 7.12 Å². The van der Waals surface area contributed by atoms with Gasteiger partial charge in [-0.15, -0.1) is 0 Å². The van der Waals surface area contributed by atoms with Gasteiger partial charge in [-0.25, -0.2) is 0 Å². The summed E-state index contributed by atoms with van der Waals surface area (Å²) in [5.41, 5.74) is 3.18. The van der Waals surface area contributed by atoms with Gasteiger partial charge in [-0.3, -0.25) is 0 Å². The van der Waals surface area contributed by atoms with Crippen molar-refractivity contribution in [3.05, 3.63) is 29.3 Å². The molecule has 1 aromatic carbocycles. The van der Waals surface area contributed by atoms with Crippen LogP contribution in [-0.4, -0.2) is 12.1 Å². The summed E-state index contributed by atoms with van der Waals surface area (Å²) in [5, 5.41) is 9.28. The highest BCUT2D eigenvalue weighted by atomic mass is 16.5. The Bertz CT molecular complexity index is 285. The predicted octanol–water partition coefficient (Wildman–Crippen LogP) is 0.213. The maximum Gasteiger partial charge on any atom is 0.491 e. The number of aryl methyl sites for hydroxylation is 1. The number of rotatable bonds is 0. The van der Waals surface area contributed by atoms with Crippen LogP contribution in [0.1, 0.15) is 11.1 Å². The monoisotopic (exact) mass is 148 g/mol. The number of benzene rings is 1. The van der Waals surface area contributed by atoms with E-state index in [1.807, 2.05) is 25.1 Å². The van der Waals surface area contributed by atoms with Crippen molar-refractivity contribution in [2.24, 2.45) is 0 Å². The molecule has 0 saturated carbocycles. The second kappa shape index (κ2) is 2.36. The first kappa shape index (κ1) is 6.89. The Balaban J connectivity index is 2.52. The summed E-state index contributed by atoms with van der Waals surface area (Å²) in [4.78, 5) is 0. The van der Waals surface area contributed by atoms with E-state index in [0.29, 0.717) is 6.61 Å². The summed E-state index contributed by atoms with van der Waals surface area (Å²) in [6, 6.07) is 5.99. The number of hydrogen-bond donors (Lipinski definition) is 1. The molecule has 0 radical (unpaired) electrons. The summed E-state index contributed by atoms with van der Waals surface area (Å²) >= 11 is 0. The SMILES string of the molecule is Cc1ccc2c(c1)B(O)OC2. The van der Waals surface area contributed by atoms with Crippen molar-refractivity contribution in [3.63, 3.8) is 0 Å². The van der Waals surface area contributed by atoms with E-state index in [9.17, 15) is 5.02 Å². The van der Waals surface area contributed by atoms with Crippen LogP contribution in [0.3, 0.4) is 0 Å². The van der Waals surface area contributed by atoms with E-state index in [1.165, 1.54) is 0 Å². The average molecular weight is 148 g/mol. The lowest BCUT2D eigenvalue weighted by Gasteiger charge is -1.98. The fourth-order valence-corrected chi connectivity index (χ4v) is 1.33. The Morgan fingerprint density at radius 1 is 1.55 bits per heavy atom. The molecule has 1 aliphatic rings. The third-order valence-corrected chi connectivity index (χ3v) is 1.96. The maximum atomic E-state index is 9.28. The van der Waals surface area contributed by atoms with Crippen molar-refractivity contribution in [1.82, 2.24) is 0 Å². The van der Waals surface area contributed by atoms with Gasteiger partial charge in [0.15, 0.2) is 0 Å². The van der Waals surface area contributed by atoms with Gasteiger partial charge in [0.05, 0.1) is 6.61 Å². The smallest absolute Gasteiger partial charge is 0.423 e. The molecule has 2 nitrogen and oxygen atoms in total. The van der Waals surface area contributed by atoms with Gasteiger partial charge in [0, 0.05) is 0 Å². The summed E-state index contributed by atoms with van der Waals surface area (Å²) in [7, 11) is -0.704. The van der Waals surface area contributed by atoms with Crippen LogP contribution in [0.4, 0.5) is 0 Å². The van der Waals surface area contributed by atoms with E-state index in [1.54, 1.807) is 0 Å². The largest absolute Gasteiger partial charge is 0.491 e. The van der Waals surface area contributed by atoms with Gasteiger partial charge in [0.2, 0.25) is 0 Å². The molecule has 1 aromatic rings. The zero-order valence-electron chi connectivity index (χ0n) is 6.37. The average Bonchev–Trinajstić information content (AvgIpc) is 2.33. The third kappa shape index (κ3) is 1.06. The van der Waals surface area contributed by atoms with E-state index in [4.69, 9.17) is 4.65 Å². The Labute approximate surface area is 66.0 Å². The van der Waals surface area contributed by atoms with Crippen LogP contribution in [0.2, 0.25) is 0 Å². The fraction of sp³-hybridized carbons (Fsp3) is 0.250. The molecule has 2 rings (SSSR count). The standard InChI is InChI=1S/C8H9BO2/c1-6-2-3-7-5-11-9(10)8(7)4-6/h2-4,10H,5H2,1H3. The first-order chi connectivity index (χ1) is 5.27. The maximum absolute atomic E-state index is 9.28. The van der Waals surface area contributed by atoms with Crippen LogP contribution < -0.4 is 5.46 Å². The molecule has 0 fully saturated rings. The zero-order chi connectivity index (χ0) is 7.84. The molecule has 0 spiro atoms. The predicted molar refractivity (Wildman–Crippen MR) is 43.6 cm³/mol. The van der Waals surface area contributed by atoms with Gasteiger partial charge < -0.3 is 9.68 Å². The first-order valence-corrected chi connectivity index (χ1v) is 3.66. The van der Waals surface area contributed by atoms with Crippen molar-refractivity contribution in [3.8, 4) is 0 Å². The Hall–Kier alpha value is -0.795. The van der Waals surface area contributed by atoms with Crippen LogP contribution >= 0.6 is 0 Å². The molecular formula is C8H9BO2. The van der Waals surface area contributed by atoms with Crippen molar-refractivity contribution in [2.75, 3.05) is 0 Å². The van der Waals surface area contributed by atoms with Gasteiger partial charge in [0.25, 0.3) is 0 Å². The number of fused-ring (bicyclic) bond motifs is 1. The third-order valence-electron chi connectivity index (χ3n) is 1.96. The molecular weight excluding hydrogens is 139 g/mol. The molecule has 0 aliphatic carbocycles. The Morgan fingerprint density at radius 3 is 3.18 bits per heavy atom. The highest BCUT2D eigenvalue weighted by Gasteiger charge is 2.26. The lowest BCUT2D eigenvalue weighted by atomic mass is 9.79. The second-order valence-corrected chi connectivity index (χ2v) is 2.87. The van der Waals surface area contributed by atoms with Crippen LogP contribution in [-0.2, 0) is 11.3 Å². The van der Waals surface area contributed by atoms with Gasteiger partial charge in [-0.05, 0) is 17.9 Å². The molecule has 1 aliphatic heterocycles. The molecule has 1 heterocycles. The van der Waals surface area contributed by atoms with Crippen LogP contribution in [0.25, 0.3) is 0 Å². The minimum absolute atomic E-state index is 0.538. The summed E-state index contributed by atoms with van der Waals surface area (Å²) in [6.07, 6.45) is 0. The summed E-state index contributed by atoms with van der Waals surface area (Å²) in [6.45, 7) is 2.54. The molecule has 0 atom stereocenters. The topological polar surface area (TPSA) is 29.5 Å². The second-order valence-electron chi connectivity index (χ2n) is 2.87. The molecule has 1 N–H and O–H groups in total. The molecule has 0 amide bonds. The summed E-state index contributed by atoms with van der Waals surface area (Å²) < 4.78 is 5.03. The number of hydrogen-bond acceptors (Lipinski definition) is 2. The van der Waals surface area contributed by atoms with Crippen molar-refractivity contribution < 1.29 is 9.68 Å². The highest BCUT2D eigenvalue weighted by molar-refractivity contribution is 6.61. The first-order valence-electron chi connectivity index (χ1n) is 3.66. The van der Waals surface area contributed by atoms with Crippen molar-refractivity contribution in [2.45, 2.75) is 13.5 Å². The molecule has 0 aromatic heterocycles. The molecule has 56 valence electrons. The molecule has 0 saturated heterocycles.